The number of nitrogens with two attached hydrogens (primary N) is 1. The van der Waals surface area contributed by atoms with E-state index in [0.29, 0.717) is 17.0 Å². The highest BCUT2D eigenvalue weighted by Gasteiger charge is 2.16. The lowest BCUT2D eigenvalue weighted by Gasteiger charge is -2.13. The van der Waals surface area contributed by atoms with E-state index >= 15 is 0 Å². The zero-order valence-electron chi connectivity index (χ0n) is 9.91. The normalized spacial score (nSPS) is 9.95. The van der Waals surface area contributed by atoms with Gasteiger partial charge in [0.2, 0.25) is 0 Å². The maximum Gasteiger partial charge on any atom is 0.277 e. The molecule has 0 unspecified atom stereocenters. The van der Waals surface area contributed by atoms with Crippen molar-refractivity contribution in [2.24, 2.45) is 5.73 Å². The molecule has 19 heavy (non-hydrogen) atoms. The summed E-state index contributed by atoms with van der Waals surface area (Å²) in [5, 5.41) is 7.93. The molecule has 0 aliphatic carbocycles. The Morgan fingerprint density at radius 1 is 1.53 bits per heavy atom. The number of para-hydroxylation sites is 1. The van der Waals surface area contributed by atoms with Gasteiger partial charge >= 0.3 is 0 Å². The largest absolute Gasteiger partial charge is 0.495 e. The molecule has 0 bridgehead atoms. The Morgan fingerprint density at radius 3 is 2.89 bits per heavy atom. The summed E-state index contributed by atoms with van der Waals surface area (Å²) in [6.45, 7) is 0. The first-order valence-electron chi connectivity index (χ1n) is 5.18. The van der Waals surface area contributed by atoms with E-state index in [2.05, 4.69) is 14.9 Å². The number of hydrogen-bond donors (Lipinski definition) is 2. The van der Waals surface area contributed by atoms with E-state index in [4.69, 9.17) is 22.7 Å². The van der Waals surface area contributed by atoms with Crippen molar-refractivity contribution in [3.05, 3.63) is 34.8 Å². The third-order valence-corrected chi connectivity index (χ3v) is 3.07. The molecule has 0 aliphatic heterocycles. The minimum atomic E-state index is -0.393. The molecule has 0 atom stereocenters. The molecule has 1 amide bonds. The third-order valence-electron chi connectivity index (χ3n) is 2.34. The molecule has 0 saturated carbocycles. The van der Waals surface area contributed by atoms with Gasteiger partial charge in [0.25, 0.3) is 5.91 Å². The Kier molecular flexibility index (Phi) is 4.03. The number of amides is 1. The Hall–Kier alpha value is -2.06. The molecule has 2 aromatic rings. The summed E-state index contributed by atoms with van der Waals surface area (Å²) in [6, 6.07) is 5.16. The molecule has 3 N–H and O–H groups in total. The predicted octanol–water partition coefficient (Wildman–Crippen LogP) is 1.43. The van der Waals surface area contributed by atoms with Crippen LogP contribution in [0.1, 0.15) is 16.1 Å². The lowest BCUT2D eigenvalue weighted by Crippen LogP contribution is -2.18. The molecule has 98 valence electrons. The van der Waals surface area contributed by atoms with E-state index < -0.39 is 5.91 Å². The van der Waals surface area contributed by atoms with Gasteiger partial charge in [-0.3, -0.25) is 4.79 Å². The van der Waals surface area contributed by atoms with Crippen LogP contribution in [0, 0.1) is 0 Å². The first-order valence-corrected chi connectivity index (χ1v) is 6.43. The molecule has 8 heteroatoms. The molecule has 0 radical (unpaired) electrons. The molecule has 0 aliphatic rings. The molecule has 0 saturated heterocycles. The van der Waals surface area contributed by atoms with Crippen LogP contribution in [0.25, 0.3) is 0 Å². The summed E-state index contributed by atoms with van der Waals surface area (Å²) < 4.78 is 8.83. The fraction of sp³-hybridized carbons (Fsp3) is 0.0909. The second-order valence-electron chi connectivity index (χ2n) is 3.49. The Bertz CT molecular complexity index is 613. The molecule has 2 rings (SSSR count). The number of ether oxygens (including phenoxy) is 1. The maximum atomic E-state index is 12.0. The minimum absolute atomic E-state index is 0.172. The first-order chi connectivity index (χ1) is 9.13. The molecule has 0 spiro atoms. The van der Waals surface area contributed by atoms with Crippen molar-refractivity contribution in [2.75, 3.05) is 12.4 Å². The summed E-state index contributed by atoms with van der Waals surface area (Å²) in [5.74, 6) is 0.0811. The summed E-state index contributed by atoms with van der Waals surface area (Å²) in [7, 11) is 1.50. The van der Waals surface area contributed by atoms with E-state index in [9.17, 15) is 4.79 Å². The highest BCUT2D eigenvalue weighted by molar-refractivity contribution is 7.80. The number of nitrogens with one attached hydrogen (secondary N) is 1. The first kappa shape index (κ1) is 13.4. The molecule has 1 aromatic heterocycles. The summed E-state index contributed by atoms with van der Waals surface area (Å²) in [4.78, 5) is 12.1. The summed E-state index contributed by atoms with van der Waals surface area (Å²) >= 11 is 6.05. The monoisotopic (exact) mass is 294 g/mol. The number of methoxy groups -OCH3 is 1. The Balaban J connectivity index is 2.38. The summed E-state index contributed by atoms with van der Waals surface area (Å²) in [5.41, 5.74) is 6.82. The smallest absolute Gasteiger partial charge is 0.277 e. The quantitative estimate of drug-likeness (QED) is 0.829. The Morgan fingerprint density at radius 2 is 2.32 bits per heavy atom. The van der Waals surface area contributed by atoms with Crippen LogP contribution in [0.5, 0.6) is 5.75 Å². The van der Waals surface area contributed by atoms with Gasteiger partial charge in [0.1, 0.15) is 10.7 Å². The second kappa shape index (κ2) is 5.72. The van der Waals surface area contributed by atoms with Crippen molar-refractivity contribution < 1.29 is 9.53 Å². The topological polar surface area (TPSA) is 90.1 Å². The minimum Gasteiger partial charge on any atom is -0.495 e. The van der Waals surface area contributed by atoms with Crippen LogP contribution < -0.4 is 15.8 Å². The highest BCUT2D eigenvalue weighted by atomic mass is 32.1. The number of anilines is 1. The van der Waals surface area contributed by atoms with Crippen molar-refractivity contribution in [2.45, 2.75) is 0 Å². The molecule has 1 heterocycles. The predicted molar refractivity (Wildman–Crippen MR) is 76.7 cm³/mol. The van der Waals surface area contributed by atoms with Crippen LogP contribution >= 0.6 is 23.8 Å². The van der Waals surface area contributed by atoms with Crippen molar-refractivity contribution in [1.29, 1.82) is 0 Å². The van der Waals surface area contributed by atoms with Crippen LogP contribution in [0.3, 0.4) is 0 Å². The van der Waals surface area contributed by atoms with Gasteiger partial charge < -0.3 is 15.8 Å². The Labute approximate surface area is 118 Å². The SMILES string of the molecule is COc1cccc(C(N)=S)c1NC(=O)c1csnn1. The van der Waals surface area contributed by atoms with Crippen molar-refractivity contribution in [3.63, 3.8) is 0 Å². The standard InChI is InChI=1S/C11H10N4O2S2/c1-17-8-4-2-3-6(10(12)18)9(8)13-11(16)7-5-19-15-14-7/h2-5H,1H3,(H2,12,18)(H,13,16). The van der Waals surface area contributed by atoms with Gasteiger partial charge in [0, 0.05) is 10.9 Å². The number of hydrogen-bond acceptors (Lipinski definition) is 6. The average molecular weight is 294 g/mol. The van der Waals surface area contributed by atoms with Gasteiger partial charge in [-0.25, -0.2) is 0 Å². The maximum absolute atomic E-state index is 12.0. The number of benzene rings is 1. The molecule has 6 nitrogen and oxygen atoms in total. The van der Waals surface area contributed by atoms with E-state index in [0.717, 1.165) is 11.5 Å². The molecule has 1 aromatic carbocycles. The van der Waals surface area contributed by atoms with Gasteiger partial charge in [-0.15, -0.1) is 5.10 Å². The third kappa shape index (κ3) is 2.85. The van der Waals surface area contributed by atoms with Gasteiger partial charge in [-0.05, 0) is 23.7 Å². The van der Waals surface area contributed by atoms with Gasteiger partial charge in [-0.1, -0.05) is 22.8 Å². The second-order valence-corrected chi connectivity index (χ2v) is 4.54. The molecular formula is C11H10N4O2S2. The van der Waals surface area contributed by atoms with E-state index in [1.807, 2.05) is 0 Å². The van der Waals surface area contributed by atoms with Crippen molar-refractivity contribution in [3.8, 4) is 5.75 Å². The van der Waals surface area contributed by atoms with Crippen LogP contribution in [0.15, 0.2) is 23.6 Å². The number of rotatable bonds is 4. The van der Waals surface area contributed by atoms with Gasteiger partial charge in [0.05, 0.1) is 12.8 Å². The fourth-order valence-electron chi connectivity index (χ4n) is 1.48. The van der Waals surface area contributed by atoms with Gasteiger partial charge in [-0.2, -0.15) is 0 Å². The number of carbonyl (C=O) groups excluding carboxylic acids is 1. The number of thiocarbonyl (C=S) groups is 1. The van der Waals surface area contributed by atoms with E-state index in [1.54, 1.807) is 23.6 Å². The van der Waals surface area contributed by atoms with E-state index in [-0.39, 0.29) is 10.7 Å². The molecule has 0 fully saturated rings. The van der Waals surface area contributed by atoms with Crippen molar-refractivity contribution in [1.82, 2.24) is 9.59 Å². The van der Waals surface area contributed by atoms with Crippen LogP contribution in [0.4, 0.5) is 5.69 Å². The van der Waals surface area contributed by atoms with Crippen LogP contribution in [-0.2, 0) is 0 Å². The summed E-state index contributed by atoms with van der Waals surface area (Å²) in [6.07, 6.45) is 0. The average Bonchev–Trinajstić information content (AvgIpc) is 2.92. The zero-order chi connectivity index (χ0) is 13.8. The highest BCUT2D eigenvalue weighted by Crippen LogP contribution is 2.28. The molecular weight excluding hydrogens is 284 g/mol. The number of nitrogens with zero attached hydrogens (tertiary/aromatic N) is 2. The zero-order valence-corrected chi connectivity index (χ0v) is 11.5. The fourth-order valence-corrected chi connectivity index (χ4v) is 2.08. The van der Waals surface area contributed by atoms with Crippen LogP contribution in [-0.4, -0.2) is 27.6 Å². The van der Waals surface area contributed by atoms with E-state index in [1.165, 1.54) is 7.11 Å². The number of aromatic nitrogens is 2. The van der Waals surface area contributed by atoms with Crippen molar-refractivity contribution >= 4 is 40.3 Å². The van der Waals surface area contributed by atoms with Crippen LogP contribution in [0.2, 0.25) is 0 Å². The van der Waals surface area contributed by atoms with Gasteiger partial charge in [0.15, 0.2) is 5.69 Å². The lowest BCUT2D eigenvalue weighted by molar-refractivity contribution is 0.102. The lowest BCUT2D eigenvalue weighted by atomic mass is 10.1. The number of carbonyl (C=O) groups is 1.